The summed E-state index contributed by atoms with van der Waals surface area (Å²) in [5.74, 6) is 0.134. The van der Waals surface area contributed by atoms with Gasteiger partial charge in [0.05, 0.1) is 6.54 Å². The fourth-order valence-electron chi connectivity index (χ4n) is 3.10. The largest absolute Gasteiger partial charge is 0.352 e. The van der Waals surface area contributed by atoms with Crippen molar-refractivity contribution in [1.82, 2.24) is 10.2 Å². The highest BCUT2D eigenvalue weighted by atomic mass is 16.2. The summed E-state index contributed by atoms with van der Waals surface area (Å²) in [6.07, 6.45) is 8.00. The molecule has 3 N–H and O–H groups in total. The van der Waals surface area contributed by atoms with E-state index in [-0.39, 0.29) is 11.4 Å². The van der Waals surface area contributed by atoms with Gasteiger partial charge in [0.25, 0.3) is 0 Å². The molecular formula is C15H31N3O. The molecule has 1 saturated carbocycles. The van der Waals surface area contributed by atoms with E-state index < -0.39 is 0 Å². The first-order chi connectivity index (χ1) is 9.07. The van der Waals surface area contributed by atoms with E-state index in [1.54, 1.807) is 0 Å². The topological polar surface area (TPSA) is 58.4 Å². The van der Waals surface area contributed by atoms with E-state index in [2.05, 4.69) is 24.1 Å². The van der Waals surface area contributed by atoms with Crippen molar-refractivity contribution < 1.29 is 4.79 Å². The maximum absolute atomic E-state index is 12.1. The predicted molar refractivity (Wildman–Crippen MR) is 80.0 cm³/mol. The van der Waals surface area contributed by atoms with E-state index in [4.69, 9.17) is 5.73 Å². The summed E-state index contributed by atoms with van der Waals surface area (Å²) in [5.41, 5.74) is 6.04. The van der Waals surface area contributed by atoms with Crippen molar-refractivity contribution in [2.24, 2.45) is 5.73 Å². The number of nitrogens with two attached hydrogens (primary N) is 1. The highest BCUT2D eigenvalue weighted by Gasteiger charge is 2.35. The zero-order valence-electron chi connectivity index (χ0n) is 12.9. The van der Waals surface area contributed by atoms with Gasteiger partial charge >= 0.3 is 0 Å². The molecule has 0 bridgehead atoms. The van der Waals surface area contributed by atoms with Crippen LogP contribution < -0.4 is 11.1 Å². The summed E-state index contributed by atoms with van der Waals surface area (Å²) in [7, 11) is 2.05. The van der Waals surface area contributed by atoms with E-state index in [9.17, 15) is 4.79 Å². The molecule has 1 amide bonds. The molecule has 0 aliphatic heterocycles. The van der Waals surface area contributed by atoms with E-state index in [1.165, 1.54) is 19.3 Å². The molecule has 0 saturated heterocycles. The lowest BCUT2D eigenvalue weighted by atomic mass is 9.80. The van der Waals surface area contributed by atoms with Gasteiger partial charge < -0.3 is 11.1 Å². The number of nitrogens with zero attached hydrogens (tertiary/aromatic N) is 1. The van der Waals surface area contributed by atoms with Crippen LogP contribution in [0.3, 0.4) is 0 Å². The Morgan fingerprint density at radius 1 is 1.26 bits per heavy atom. The Hall–Kier alpha value is -0.610. The Balaban J connectivity index is 2.52. The molecule has 19 heavy (non-hydrogen) atoms. The SMILES string of the molecule is CCC(CC)NC(=O)CN(C)C1(CN)CCCCC1. The molecule has 1 fully saturated rings. The minimum atomic E-state index is 0.0452. The number of hydrogen-bond acceptors (Lipinski definition) is 3. The molecule has 1 rings (SSSR count). The fourth-order valence-corrected chi connectivity index (χ4v) is 3.10. The first-order valence-corrected chi connectivity index (χ1v) is 7.78. The minimum absolute atomic E-state index is 0.0452. The highest BCUT2D eigenvalue weighted by molar-refractivity contribution is 5.78. The van der Waals surface area contributed by atoms with Crippen molar-refractivity contribution in [2.75, 3.05) is 20.1 Å². The van der Waals surface area contributed by atoms with Crippen molar-refractivity contribution in [2.45, 2.75) is 70.4 Å². The molecule has 0 aromatic rings. The van der Waals surface area contributed by atoms with Gasteiger partial charge in [-0.1, -0.05) is 33.1 Å². The Morgan fingerprint density at radius 2 is 1.84 bits per heavy atom. The average molecular weight is 269 g/mol. The van der Waals surface area contributed by atoms with Crippen molar-refractivity contribution in [3.63, 3.8) is 0 Å². The first kappa shape index (κ1) is 16.4. The van der Waals surface area contributed by atoms with Crippen LogP contribution in [0.1, 0.15) is 58.8 Å². The molecule has 0 spiro atoms. The molecule has 0 heterocycles. The number of hydrogen-bond donors (Lipinski definition) is 2. The third kappa shape index (κ3) is 4.46. The van der Waals surface area contributed by atoms with E-state index in [0.717, 1.165) is 25.7 Å². The normalized spacial score (nSPS) is 18.8. The Morgan fingerprint density at radius 3 is 2.32 bits per heavy atom. The van der Waals surface area contributed by atoms with Crippen LogP contribution in [-0.4, -0.2) is 42.5 Å². The molecule has 0 aromatic carbocycles. The summed E-state index contributed by atoms with van der Waals surface area (Å²) < 4.78 is 0. The van der Waals surface area contributed by atoms with Gasteiger partial charge in [0.2, 0.25) is 5.91 Å². The molecular weight excluding hydrogens is 238 g/mol. The van der Waals surface area contributed by atoms with Crippen LogP contribution >= 0.6 is 0 Å². The molecule has 0 aromatic heterocycles. The maximum atomic E-state index is 12.1. The summed E-state index contributed by atoms with van der Waals surface area (Å²) in [6, 6.07) is 0.307. The van der Waals surface area contributed by atoms with Gasteiger partial charge in [-0.2, -0.15) is 0 Å². The van der Waals surface area contributed by atoms with Crippen LogP contribution in [0.2, 0.25) is 0 Å². The number of carbonyl (C=O) groups excluding carboxylic acids is 1. The smallest absolute Gasteiger partial charge is 0.234 e. The quantitative estimate of drug-likeness (QED) is 0.742. The standard InChI is InChI=1S/C15H31N3O/c1-4-13(5-2)17-14(19)11-18(3)15(12-16)9-7-6-8-10-15/h13H,4-12,16H2,1-3H3,(H,17,19). The average Bonchev–Trinajstić information content (AvgIpc) is 2.45. The molecule has 1 aliphatic rings. The lowest BCUT2D eigenvalue weighted by molar-refractivity contribution is -0.124. The van der Waals surface area contributed by atoms with Gasteiger partial charge in [0.1, 0.15) is 0 Å². The molecule has 0 atom stereocenters. The molecule has 112 valence electrons. The summed E-state index contributed by atoms with van der Waals surface area (Å²) in [4.78, 5) is 14.3. The summed E-state index contributed by atoms with van der Waals surface area (Å²) in [5, 5.41) is 3.11. The van der Waals surface area contributed by atoms with Crippen molar-refractivity contribution in [1.29, 1.82) is 0 Å². The zero-order valence-corrected chi connectivity index (χ0v) is 12.9. The number of nitrogens with one attached hydrogen (secondary N) is 1. The second-order valence-electron chi connectivity index (χ2n) is 5.93. The van der Waals surface area contributed by atoms with Crippen molar-refractivity contribution in [3.8, 4) is 0 Å². The van der Waals surface area contributed by atoms with E-state index >= 15 is 0 Å². The lowest BCUT2D eigenvalue weighted by Gasteiger charge is -2.43. The lowest BCUT2D eigenvalue weighted by Crippen LogP contribution is -2.56. The van der Waals surface area contributed by atoms with Crippen molar-refractivity contribution in [3.05, 3.63) is 0 Å². The van der Waals surface area contributed by atoms with E-state index in [1.807, 2.05) is 7.05 Å². The van der Waals surface area contributed by atoms with Gasteiger partial charge in [-0.05, 0) is 32.7 Å². The van der Waals surface area contributed by atoms with Crippen LogP contribution in [0.4, 0.5) is 0 Å². The van der Waals surface area contributed by atoms with Crippen LogP contribution in [0, 0.1) is 0 Å². The third-order valence-corrected chi connectivity index (χ3v) is 4.71. The number of rotatable bonds is 7. The van der Waals surface area contributed by atoms with Gasteiger partial charge in [0.15, 0.2) is 0 Å². The number of amides is 1. The minimum Gasteiger partial charge on any atom is -0.352 e. The maximum Gasteiger partial charge on any atom is 0.234 e. The van der Waals surface area contributed by atoms with Crippen LogP contribution in [0.5, 0.6) is 0 Å². The van der Waals surface area contributed by atoms with E-state index in [0.29, 0.717) is 19.1 Å². The molecule has 4 nitrogen and oxygen atoms in total. The van der Waals surface area contributed by atoms with Gasteiger partial charge in [-0.15, -0.1) is 0 Å². The second kappa shape index (κ2) is 7.85. The number of likely N-dealkylation sites (N-methyl/N-ethyl adjacent to an activating group) is 1. The molecule has 0 radical (unpaired) electrons. The Bertz CT molecular complexity index is 271. The third-order valence-electron chi connectivity index (χ3n) is 4.71. The molecule has 1 aliphatic carbocycles. The Labute approximate surface area is 118 Å². The highest BCUT2D eigenvalue weighted by Crippen LogP contribution is 2.31. The molecule has 0 unspecified atom stereocenters. The summed E-state index contributed by atoms with van der Waals surface area (Å²) >= 11 is 0. The van der Waals surface area contributed by atoms with Crippen LogP contribution in [0.25, 0.3) is 0 Å². The van der Waals surface area contributed by atoms with Crippen molar-refractivity contribution >= 4 is 5.91 Å². The zero-order chi connectivity index (χ0) is 14.3. The van der Waals surface area contributed by atoms with Gasteiger partial charge in [-0.25, -0.2) is 0 Å². The summed E-state index contributed by atoms with van der Waals surface area (Å²) in [6.45, 7) is 5.34. The predicted octanol–water partition coefficient (Wildman–Crippen LogP) is 1.88. The monoisotopic (exact) mass is 269 g/mol. The molecule has 4 heteroatoms. The van der Waals surface area contributed by atoms with Crippen LogP contribution in [0.15, 0.2) is 0 Å². The van der Waals surface area contributed by atoms with Gasteiger partial charge in [0, 0.05) is 18.1 Å². The first-order valence-electron chi connectivity index (χ1n) is 7.78. The number of carbonyl (C=O) groups is 1. The van der Waals surface area contributed by atoms with Gasteiger partial charge in [-0.3, -0.25) is 9.69 Å². The fraction of sp³-hybridized carbons (Fsp3) is 0.933. The second-order valence-corrected chi connectivity index (χ2v) is 5.93. The van der Waals surface area contributed by atoms with Crippen LogP contribution in [-0.2, 0) is 4.79 Å². The Kier molecular flexibility index (Phi) is 6.80.